The van der Waals surface area contributed by atoms with Crippen molar-refractivity contribution in [3.05, 3.63) is 101 Å². The van der Waals surface area contributed by atoms with Gasteiger partial charge in [-0.25, -0.2) is 13.2 Å². The predicted octanol–water partition coefficient (Wildman–Crippen LogP) is 4.61. The van der Waals surface area contributed by atoms with Crippen molar-refractivity contribution in [3.8, 4) is 11.5 Å². The molecule has 174 valence electrons. The Labute approximate surface area is 197 Å². The normalized spacial score (nSPS) is 20.1. The molecule has 0 saturated heterocycles. The van der Waals surface area contributed by atoms with Crippen molar-refractivity contribution < 1.29 is 27.8 Å². The maximum Gasteiger partial charge on any atom is 0.333 e. The van der Waals surface area contributed by atoms with E-state index in [2.05, 4.69) is 0 Å². The Bertz CT molecular complexity index is 1370. The van der Waals surface area contributed by atoms with Crippen LogP contribution in [0.4, 0.5) is 0 Å². The van der Waals surface area contributed by atoms with Crippen molar-refractivity contribution in [2.75, 3.05) is 6.79 Å². The molecule has 3 aromatic rings. The van der Waals surface area contributed by atoms with Crippen molar-refractivity contribution in [1.82, 2.24) is 4.31 Å². The van der Waals surface area contributed by atoms with Crippen LogP contribution in [-0.4, -0.2) is 30.6 Å². The fraction of sp³-hybridized carbons (Fsp3) is 0.192. The standard InChI is InChI=1S/C26H23NO6S/c1-17-7-10-20(11-8-17)34(30,31)27-22(19-9-14-23-24(15-19)33-16-32-23)13-12-21(26(28)29)25(27)18-5-3-2-4-6-18/h2-12,14-15,22,25H,13,16H2,1H3,(H,28,29)/t22-,25-/m0/s1. The first-order valence-electron chi connectivity index (χ1n) is 10.8. The Morgan fingerprint density at radius 1 is 0.941 bits per heavy atom. The summed E-state index contributed by atoms with van der Waals surface area (Å²) in [5.74, 6) is -0.0228. The number of aliphatic carboxylic acids is 1. The molecule has 0 saturated carbocycles. The number of carboxylic acid groups (broad SMARTS) is 1. The number of benzene rings is 3. The van der Waals surface area contributed by atoms with Crippen molar-refractivity contribution in [3.63, 3.8) is 0 Å². The number of sulfonamides is 1. The van der Waals surface area contributed by atoms with Gasteiger partial charge < -0.3 is 14.6 Å². The molecular formula is C26H23NO6S. The van der Waals surface area contributed by atoms with Gasteiger partial charge in [0.05, 0.1) is 22.6 Å². The molecule has 2 aliphatic heterocycles. The number of hydrogen-bond donors (Lipinski definition) is 1. The summed E-state index contributed by atoms with van der Waals surface area (Å²) >= 11 is 0. The van der Waals surface area contributed by atoms with Crippen LogP contribution in [0.2, 0.25) is 0 Å². The highest BCUT2D eigenvalue weighted by molar-refractivity contribution is 7.89. The summed E-state index contributed by atoms with van der Waals surface area (Å²) in [4.78, 5) is 12.4. The monoisotopic (exact) mass is 477 g/mol. The first kappa shape index (κ1) is 22.2. The molecule has 2 aliphatic rings. The molecule has 0 radical (unpaired) electrons. The summed E-state index contributed by atoms with van der Waals surface area (Å²) in [5.41, 5.74) is 2.23. The van der Waals surface area contributed by atoms with Crippen LogP contribution >= 0.6 is 0 Å². The SMILES string of the molecule is Cc1ccc(S(=O)(=O)N2[C@@H](c3ccccc3)C(C(=O)O)=CC[C@H]2c2ccc3c(c2)OCO3)cc1. The van der Waals surface area contributed by atoms with E-state index in [-0.39, 0.29) is 23.7 Å². The Morgan fingerprint density at radius 2 is 1.65 bits per heavy atom. The predicted molar refractivity (Wildman–Crippen MR) is 125 cm³/mol. The lowest BCUT2D eigenvalue weighted by Gasteiger charge is -2.40. The van der Waals surface area contributed by atoms with Crippen LogP contribution in [0.1, 0.15) is 35.2 Å². The summed E-state index contributed by atoms with van der Waals surface area (Å²) in [6.07, 6.45) is 1.83. The van der Waals surface area contributed by atoms with E-state index in [1.165, 1.54) is 4.31 Å². The van der Waals surface area contributed by atoms with Gasteiger partial charge in [0.25, 0.3) is 0 Å². The fourth-order valence-corrected chi connectivity index (χ4v) is 6.26. The lowest BCUT2D eigenvalue weighted by Crippen LogP contribution is -2.42. The third kappa shape index (κ3) is 3.85. The summed E-state index contributed by atoms with van der Waals surface area (Å²) in [6, 6.07) is 19.1. The van der Waals surface area contributed by atoms with Crippen LogP contribution < -0.4 is 9.47 Å². The Kier molecular flexibility index (Phi) is 5.63. The van der Waals surface area contributed by atoms with E-state index in [0.29, 0.717) is 22.6 Å². The second-order valence-electron chi connectivity index (χ2n) is 8.29. The van der Waals surface area contributed by atoms with Gasteiger partial charge in [0.2, 0.25) is 16.8 Å². The van der Waals surface area contributed by atoms with Crippen LogP contribution in [0.5, 0.6) is 11.5 Å². The van der Waals surface area contributed by atoms with Gasteiger partial charge in [0, 0.05) is 0 Å². The summed E-state index contributed by atoms with van der Waals surface area (Å²) < 4.78 is 40.5. The molecule has 5 rings (SSSR count). The molecule has 8 heteroatoms. The molecule has 0 amide bonds. The summed E-state index contributed by atoms with van der Waals surface area (Å²) in [6.45, 7) is 1.98. The summed E-state index contributed by atoms with van der Waals surface area (Å²) in [7, 11) is -4.10. The van der Waals surface area contributed by atoms with E-state index < -0.39 is 28.1 Å². The second-order valence-corrected chi connectivity index (χ2v) is 10.1. The van der Waals surface area contributed by atoms with Crippen molar-refractivity contribution in [2.45, 2.75) is 30.3 Å². The minimum Gasteiger partial charge on any atom is -0.478 e. The average molecular weight is 478 g/mol. The zero-order valence-electron chi connectivity index (χ0n) is 18.4. The largest absolute Gasteiger partial charge is 0.478 e. The Morgan fingerprint density at radius 3 is 2.35 bits per heavy atom. The van der Waals surface area contributed by atoms with E-state index in [1.54, 1.807) is 72.8 Å². The van der Waals surface area contributed by atoms with Crippen LogP contribution in [-0.2, 0) is 14.8 Å². The zero-order chi connectivity index (χ0) is 23.9. The van der Waals surface area contributed by atoms with Crippen LogP contribution in [0, 0.1) is 6.92 Å². The van der Waals surface area contributed by atoms with Crippen LogP contribution in [0.15, 0.2) is 89.3 Å². The summed E-state index contributed by atoms with van der Waals surface area (Å²) in [5, 5.41) is 10.0. The molecule has 7 nitrogen and oxygen atoms in total. The van der Waals surface area contributed by atoms with Gasteiger partial charge in [-0.15, -0.1) is 0 Å². The van der Waals surface area contributed by atoms with Crippen molar-refractivity contribution in [2.24, 2.45) is 0 Å². The number of aryl methyl sites for hydroxylation is 1. The van der Waals surface area contributed by atoms with E-state index in [1.807, 2.05) is 13.0 Å². The molecule has 2 atom stereocenters. The second kappa shape index (κ2) is 8.62. The Hall–Kier alpha value is -3.62. The topological polar surface area (TPSA) is 93.1 Å². The van der Waals surface area contributed by atoms with Crippen LogP contribution in [0.3, 0.4) is 0 Å². The van der Waals surface area contributed by atoms with Gasteiger partial charge in [-0.05, 0) is 48.7 Å². The van der Waals surface area contributed by atoms with E-state index >= 15 is 0 Å². The van der Waals surface area contributed by atoms with Gasteiger partial charge in [0.15, 0.2) is 11.5 Å². The minimum absolute atomic E-state index is 0.0267. The fourth-order valence-electron chi connectivity index (χ4n) is 4.48. The minimum atomic E-state index is -4.10. The number of hydrogen-bond acceptors (Lipinski definition) is 5. The first-order valence-corrected chi connectivity index (χ1v) is 12.3. The Balaban J connectivity index is 1.72. The molecule has 2 heterocycles. The van der Waals surface area contributed by atoms with Gasteiger partial charge in [0.1, 0.15) is 0 Å². The molecule has 0 aliphatic carbocycles. The van der Waals surface area contributed by atoms with Crippen LogP contribution in [0.25, 0.3) is 0 Å². The first-order chi connectivity index (χ1) is 16.4. The lowest BCUT2D eigenvalue weighted by molar-refractivity contribution is -0.133. The van der Waals surface area contributed by atoms with E-state index in [4.69, 9.17) is 9.47 Å². The molecule has 0 bridgehead atoms. The molecule has 3 aromatic carbocycles. The van der Waals surface area contributed by atoms with Gasteiger partial charge in [-0.1, -0.05) is 60.2 Å². The average Bonchev–Trinajstić information content (AvgIpc) is 3.32. The number of ether oxygens (including phenoxy) is 2. The third-order valence-electron chi connectivity index (χ3n) is 6.16. The number of rotatable bonds is 5. The third-order valence-corrected chi connectivity index (χ3v) is 8.05. The maximum absolute atomic E-state index is 14.1. The molecule has 0 fully saturated rings. The smallest absolute Gasteiger partial charge is 0.333 e. The van der Waals surface area contributed by atoms with E-state index in [0.717, 1.165) is 5.56 Å². The number of carbonyl (C=O) groups is 1. The maximum atomic E-state index is 14.1. The van der Waals surface area contributed by atoms with Gasteiger partial charge in [-0.3, -0.25) is 0 Å². The highest BCUT2D eigenvalue weighted by Crippen LogP contribution is 2.47. The molecular weight excluding hydrogens is 454 g/mol. The number of carboxylic acids is 1. The molecule has 0 unspecified atom stereocenters. The zero-order valence-corrected chi connectivity index (χ0v) is 19.2. The van der Waals surface area contributed by atoms with Gasteiger partial charge in [-0.2, -0.15) is 4.31 Å². The molecule has 0 aromatic heterocycles. The number of nitrogens with zero attached hydrogens (tertiary/aromatic N) is 1. The van der Waals surface area contributed by atoms with E-state index in [9.17, 15) is 18.3 Å². The molecule has 0 spiro atoms. The lowest BCUT2D eigenvalue weighted by atomic mass is 9.89. The highest BCUT2D eigenvalue weighted by Gasteiger charge is 2.44. The molecule has 1 N–H and O–H groups in total. The van der Waals surface area contributed by atoms with Gasteiger partial charge >= 0.3 is 5.97 Å². The number of fused-ring (bicyclic) bond motifs is 1. The van der Waals surface area contributed by atoms with Crippen molar-refractivity contribution >= 4 is 16.0 Å². The van der Waals surface area contributed by atoms with Crippen molar-refractivity contribution in [1.29, 1.82) is 0 Å². The molecule has 34 heavy (non-hydrogen) atoms. The highest BCUT2D eigenvalue weighted by atomic mass is 32.2. The quantitative estimate of drug-likeness (QED) is 0.577.